The van der Waals surface area contributed by atoms with Crippen molar-refractivity contribution in [3.8, 4) is 6.07 Å². The number of nitrogens with one attached hydrogen (secondary N) is 1. The third-order valence-corrected chi connectivity index (χ3v) is 6.82. The number of halogens is 1. The van der Waals surface area contributed by atoms with Gasteiger partial charge in [0.05, 0.1) is 23.0 Å². The molecule has 0 aliphatic carbocycles. The average Bonchev–Trinajstić information content (AvgIpc) is 2.97. The van der Waals surface area contributed by atoms with Crippen LogP contribution in [0.4, 0.5) is 17.1 Å². The number of nitriles is 1. The fourth-order valence-electron chi connectivity index (χ4n) is 4.42. The quantitative estimate of drug-likeness (QED) is 0.185. The van der Waals surface area contributed by atoms with Crippen molar-refractivity contribution >= 4 is 49.4 Å². The van der Waals surface area contributed by atoms with Crippen molar-refractivity contribution in [3.05, 3.63) is 83.8 Å². The summed E-state index contributed by atoms with van der Waals surface area (Å²) in [5, 5.41) is 29.4. The molecule has 1 aliphatic rings. The summed E-state index contributed by atoms with van der Waals surface area (Å²) in [6.45, 7) is 9.69. The summed E-state index contributed by atoms with van der Waals surface area (Å²) < 4.78 is 0.800. The van der Waals surface area contributed by atoms with Crippen LogP contribution in [-0.4, -0.2) is 35.1 Å². The molecule has 1 fully saturated rings. The lowest BCUT2D eigenvalue weighted by molar-refractivity contribution is 0.145. The van der Waals surface area contributed by atoms with Crippen LogP contribution in [0.25, 0.3) is 5.57 Å². The molecular weight excluding hydrogens is 576 g/mol. The van der Waals surface area contributed by atoms with Crippen molar-refractivity contribution in [2.75, 3.05) is 28.3 Å². The Labute approximate surface area is 253 Å². The summed E-state index contributed by atoms with van der Waals surface area (Å²) in [5.41, 5.74) is 5.48. The van der Waals surface area contributed by atoms with E-state index in [-0.39, 0.29) is 6.10 Å². The summed E-state index contributed by atoms with van der Waals surface area (Å²) >= 11 is 3.43. The third kappa shape index (κ3) is 10.0. The Bertz CT molecular complexity index is 1320. The van der Waals surface area contributed by atoms with Crippen LogP contribution in [0.1, 0.15) is 70.9 Å². The van der Waals surface area contributed by atoms with E-state index in [1.165, 1.54) is 0 Å². The number of hydrazone groups is 1. The Morgan fingerprint density at radius 2 is 1.90 bits per heavy atom. The largest absolute Gasteiger partial charge is 0.393 e. The molecule has 0 amide bonds. The monoisotopic (exact) mass is 616 g/mol. The Morgan fingerprint density at radius 3 is 2.54 bits per heavy atom. The van der Waals surface area contributed by atoms with Crippen LogP contribution in [0.3, 0.4) is 0 Å². The predicted molar refractivity (Wildman–Crippen MR) is 178 cm³/mol. The zero-order valence-electron chi connectivity index (χ0n) is 24.5. The molecule has 0 atom stereocenters. The first-order valence-corrected chi connectivity index (χ1v) is 15.1. The van der Waals surface area contributed by atoms with Gasteiger partial charge in [-0.1, -0.05) is 32.4 Å². The van der Waals surface area contributed by atoms with Crippen LogP contribution in [-0.2, 0) is 0 Å². The van der Waals surface area contributed by atoms with Gasteiger partial charge in [0, 0.05) is 31.2 Å². The molecule has 0 spiro atoms. The number of aliphatic hydroxyl groups is 1. The number of allylic oxidation sites excluding steroid dienone is 4. The highest BCUT2D eigenvalue weighted by Crippen LogP contribution is 2.27. The molecule has 2 aromatic carbocycles. The maximum absolute atomic E-state index is 9.82. The molecule has 0 aromatic heterocycles. The Kier molecular flexibility index (Phi) is 12.9. The number of aliphatic hydroxyl groups excluding tert-OH is 1. The number of rotatable bonds is 12. The molecule has 0 radical (unpaired) electrons. The van der Waals surface area contributed by atoms with Crippen molar-refractivity contribution < 1.29 is 5.11 Å². The van der Waals surface area contributed by atoms with E-state index in [0.29, 0.717) is 5.56 Å². The third-order valence-electron chi connectivity index (χ3n) is 6.66. The summed E-state index contributed by atoms with van der Waals surface area (Å²) in [4.78, 5) is 6.85. The van der Waals surface area contributed by atoms with Crippen LogP contribution in [0.2, 0.25) is 0 Å². The van der Waals surface area contributed by atoms with E-state index in [9.17, 15) is 10.4 Å². The Hall–Kier alpha value is -3.67. The minimum absolute atomic E-state index is 0.243. The molecule has 7 nitrogen and oxygen atoms in total. The lowest BCUT2D eigenvalue weighted by Crippen LogP contribution is -2.36. The molecule has 1 heterocycles. The van der Waals surface area contributed by atoms with Crippen molar-refractivity contribution in [1.82, 2.24) is 0 Å². The second-order valence-electron chi connectivity index (χ2n) is 9.97. The fourth-order valence-corrected chi connectivity index (χ4v) is 4.59. The maximum atomic E-state index is 9.82. The molecule has 0 bridgehead atoms. The molecule has 1 saturated heterocycles. The first kappa shape index (κ1) is 31.9. The zero-order chi connectivity index (χ0) is 29.6. The van der Waals surface area contributed by atoms with Crippen LogP contribution in [0.5, 0.6) is 0 Å². The molecule has 8 heteroatoms. The highest BCUT2D eigenvalue weighted by molar-refractivity contribution is 9.18. The number of piperidine rings is 1. The van der Waals surface area contributed by atoms with E-state index < -0.39 is 0 Å². The summed E-state index contributed by atoms with van der Waals surface area (Å²) in [7, 11) is 0. The lowest BCUT2D eigenvalue weighted by Gasteiger charge is -2.32. The van der Waals surface area contributed by atoms with Crippen molar-refractivity contribution in [2.24, 2.45) is 10.1 Å². The lowest BCUT2D eigenvalue weighted by atomic mass is 10.0. The van der Waals surface area contributed by atoms with Gasteiger partial charge in [0.1, 0.15) is 16.5 Å². The van der Waals surface area contributed by atoms with Gasteiger partial charge in [-0.2, -0.15) is 10.4 Å². The SMILES string of the molecule is CC/C=C(/N=C\C=C(/C)c1ccc(N2CCC(O)CC2)c(C#N)c1)Nc1ccc(N(/C=C\CCC)/N=C(\C)Br)cc1. The van der Waals surface area contributed by atoms with E-state index in [0.717, 1.165) is 83.8 Å². The van der Waals surface area contributed by atoms with Crippen LogP contribution in [0, 0.1) is 11.3 Å². The second kappa shape index (κ2) is 16.6. The van der Waals surface area contributed by atoms with E-state index >= 15 is 0 Å². The van der Waals surface area contributed by atoms with E-state index in [4.69, 9.17) is 0 Å². The minimum atomic E-state index is -0.243. The highest BCUT2D eigenvalue weighted by atomic mass is 79.9. The van der Waals surface area contributed by atoms with Gasteiger partial charge >= 0.3 is 0 Å². The first-order valence-electron chi connectivity index (χ1n) is 14.3. The van der Waals surface area contributed by atoms with E-state index in [2.05, 4.69) is 62.2 Å². The molecule has 216 valence electrons. The van der Waals surface area contributed by atoms with Gasteiger partial charge < -0.3 is 15.3 Å². The molecule has 3 rings (SSSR count). The van der Waals surface area contributed by atoms with Crippen molar-refractivity contribution in [2.45, 2.75) is 65.9 Å². The number of aliphatic imine (C=N–C) groups is 1. The van der Waals surface area contributed by atoms with E-state index in [1.807, 2.05) is 79.7 Å². The molecule has 2 N–H and O–H groups in total. The minimum Gasteiger partial charge on any atom is -0.393 e. The number of unbranched alkanes of at least 4 members (excludes halogenated alkanes) is 1. The standard InChI is InChI=1S/C33H41BrN6O/c1-5-7-8-20-40(38-26(4)34)30-13-11-29(12-14-30)37-33(9-6-2)36-19-16-25(3)27-10-15-32(28(23-27)24-35)39-21-17-31(41)18-22-39/h8-16,19-20,23,31,37,41H,5-7,17-18,21-22H2,1-4H3/b20-8-,25-16+,33-9-,36-19-,38-26+. The smallest absolute Gasteiger partial charge is 0.126 e. The van der Waals surface area contributed by atoms with Gasteiger partial charge in [-0.05, 0) is 115 Å². The molecule has 0 unspecified atom stereocenters. The van der Waals surface area contributed by atoms with Gasteiger partial charge in [0.25, 0.3) is 0 Å². The van der Waals surface area contributed by atoms with E-state index in [1.54, 1.807) is 6.21 Å². The molecule has 2 aromatic rings. The van der Waals surface area contributed by atoms with Gasteiger partial charge in [-0.15, -0.1) is 0 Å². The molecule has 41 heavy (non-hydrogen) atoms. The number of anilines is 3. The maximum Gasteiger partial charge on any atom is 0.126 e. The molecular formula is C33H41BrN6O. The van der Waals surface area contributed by atoms with Crippen molar-refractivity contribution in [1.29, 1.82) is 5.26 Å². The normalized spacial score (nSPS) is 15.5. The molecule has 0 saturated carbocycles. The summed E-state index contributed by atoms with van der Waals surface area (Å²) in [6.07, 6.45) is 14.1. The highest BCUT2D eigenvalue weighted by Gasteiger charge is 2.19. The zero-order valence-corrected chi connectivity index (χ0v) is 26.1. The fraction of sp³-hybridized carbons (Fsp3) is 0.364. The summed E-state index contributed by atoms with van der Waals surface area (Å²) in [6, 6.07) is 16.4. The van der Waals surface area contributed by atoms with Gasteiger partial charge in [-0.3, -0.25) is 0 Å². The Balaban J connectivity index is 1.70. The Morgan fingerprint density at radius 1 is 1.17 bits per heavy atom. The van der Waals surface area contributed by atoms with Crippen molar-refractivity contribution in [3.63, 3.8) is 0 Å². The first-order chi connectivity index (χ1) is 19.8. The average molecular weight is 618 g/mol. The number of benzene rings is 2. The van der Waals surface area contributed by atoms with Crippen LogP contribution < -0.4 is 15.2 Å². The van der Waals surface area contributed by atoms with Crippen LogP contribution >= 0.6 is 15.9 Å². The number of hydrogen-bond acceptors (Lipinski definition) is 7. The number of nitrogens with zero attached hydrogens (tertiary/aromatic N) is 5. The van der Waals surface area contributed by atoms with Crippen LogP contribution in [0.15, 0.2) is 82.8 Å². The van der Waals surface area contributed by atoms with Gasteiger partial charge in [0.15, 0.2) is 0 Å². The topological polar surface area (TPSA) is 87.2 Å². The predicted octanol–water partition coefficient (Wildman–Crippen LogP) is 8.21. The summed E-state index contributed by atoms with van der Waals surface area (Å²) in [5.74, 6) is 0.763. The van der Waals surface area contributed by atoms with Gasteiger partial charge in [-0.25, -0.2) is 10.0 Å². The molecule has 1 aliphatic heterocycles. The number of hydrogen-bond donors (Lipinski definition) is 2. The second-order valence-corrected chi connectivity index (χ2v) is 11.1. The van der Waals surface area contributed by atoms with Gasteiger partial charge in [0.2, 0.25) is 0 Å².